The smallest absolute Gasteiger partial charge is 0.308 e. The van der Waals surface area contributed by atoms with E-state index in [1.807, 2.05) is 13.0 Å². The van der Waals surface area contributed by atoms with Crippen molar-refractivity contribution in [3.8, 4) is 11.8 Å². The molecular weight excluding hydrogens is 296 g/mol. The van der Waals surface area contributed by atoms with Crippen LogP contribution in [0.15, 0.2) is 18.2 Å². The Morgan fingerprint density at radius 3 is 2.61 bits per heavy atom. The summed E-state index contributed by atoms with van der Waals surface area (Å²) >= 11 is 0. The summed E-state index contributed by atoms with van der Waals surface area (Å²) in [4.78, 5) is 23.6. The highest BCUT2D eigenvalue weighted by Gasteiger charge is 2.42. The van der Waals surface area contributed by atoms with Gasteiger partial charge in [0, 0.05) is 19.2 Å². The molecule has 0 radical (unpaired) electrons. The topological polar surface area (TPSA) is 88.4 Å². The van der Waals surface area contributed by atoms with Crippen LogP contribution in [-0.2, 0) is 14.3 Å². The Morgan fingerprint density at radius 1 is 1.35 bits per heavy atom. The van der Waals surface area contributed by atoms with E-state index in [0.717, 1.165) is 12.8 Å². The maximum Gasteiger partial charge on any atom is 0.308 e. The second-order valence-corrected chi connectivity index (χ2v) is 5.50. The summed E-state index contributed by atoms with van der Waals surface area (Å²) in [5.74, 6) is -0.515. The molecule has 1 N–H and O–H groups in total. The van der Waals surface area contributed by atoms with E-state index in [4.69, 9.17) is 14.7 Å². The molecule has 23 heavy (non-hydrogen) atoms. The van der Waals surface area contributed by atoms with Gasteiger partial charge in [-0.15, -0.1) is 0 Å². The molecule has 122 valence electrons. The fourth-order valence-corrected chi connectivity index (χ4v) is 2.84. The SMILES string of the molecule is CCOC1(C(=O)Nc2ccc(OC(C)=O)c(C#N)c2)CCCC1. The third-order valence-corrected chi connectivity index (χ3v) is 3.86. The summed E-state index contributed by atoms with van der Waals surface area (Å²) < 4.78 is 10.7. The van der Waals surface area contributed by atoms with Gasteiger partial charge in [0.25, 0.3) is 5.91 Å². The first-order chi connectivity index (χ1) is 11.0. The summed E-state index contributed by atoms with van der Waals surface area (Å²) in [5.41, 5.74) is -0.112. The average Bonchev–Trinajstić information content (AvgIpc) is 2.98. The van der Waals surface area contributed by atoms with Crippen molar-refractivity contribution in [2.75, 3.05) is 11.9 Å². The Kier molecular flexibility index (Phi) is 5.35. The number of benzene rings is 1. The number of anilines is 1. The molecule has 1 saturated carbocycles. The van der Waals surface area contributed by atoms with Gasteiger partial charge in [0.15, 0.2) is 0 Å². The predicted octanol–water partition coefficient (Wildman–Crippen LogP) is 2.77. The van der Waals surface area contributed by atoms with Crippen molar-refractivity contribution in [2.24, 2.45) is 0 Å². The lowest BCUT2D eigenvalue weighted by molar-refractivity contribution is -0.140. The maximum atomic E-state index is 12.6. The zero-order valence-corrected chi connectivity index (χ0v) is 13.3. The number of carbonyl (C=O) groups is 2. The highest BCUT2D eigenvalue weighted by atomic mass is 16.5. The Labute approximate surface area is 135 Å². The molecule has 0 saturated heterocycles. The maximum absolute atomic E-state index is 12.6. The molecule has 0 unspecified atom stereocenters. The molecule has 1 fully saturated rings. The van der Waals surface area contributed by atoms with Gasteiger partial charge in [0.1, 0.15) is 17.4 Å². The van der Waals surface area contributed by atoms with Gasteiger partial charge >= 0.3 is 5.97 Å². The number of ether oxygens (including phenoxy) is 2. The van der Waals surface area contributed by atoms with Crippen LogP contribution < -0.4 is 10.1 Å². The van der Waals surface area contributed by atoms with E-state index in [9.17, 15) is 9.59 Å². The van der Waals surface area contributed by atoms with E-state index >= 15 is 0 Å². The van der Waals surface area contributed by atoms with Crippen molar-refractivity contribution in [3.05, 3.63) is 23.8 Å². The zero-order chi connectivity index (χ0) is 16.9. The number of hydrogen-bond donors (Lipinski definition) is 1. The minimum Gasteiger partial charge on any atom is -0.425 e. The van der Waals surface area contributed by atoms with E-state index in [1.54, 1.807) is 6.07 Å². The summed E-state index contributed by atoms with van der Waals surface area (Å²) in [5, 5.41) is 12.0. The molecule has 0 aromatic heterocycles. The lowest BCUT2D eigenvalue weighted by Crippen LogP contribution is -2.43. The van der Waals surface area contributed by atoms with E-state index in [-0.39, 0.29) is 17.2 Å². The predicted molar refractivity (Wildman–Crippen MR) is 83.9 cm³/mol. The normalized spacial score (nSPS) is 15.7. The Bertz CT molecular complexity index is 642. The van der Waals surface area contributed by atoms with Gasteiger partial charge in [0.05, 0.1) is 5.56 Å². The molecule has 2 rings (SSSR count). The fraction of sp³-hybridized carbons (Fsp3) is 0.471. The highest BCUT2D eigenvalue weighted by Crippen LogP contribution is 2.34. The summed E-state index contributed by atoms with van der Waals surface area (Å²) in [7, 11) is 0. The van der Waals surface area contributed by atoms with Crippen molar-refractivity contribution in [3.63, 3.8) is 0 Å². The molecule has 1 aliphatic carbocycles. The second-order valence-electron chi connectivity index (χ2n) is 5.50. The van der Waals surface area contributed by atoms with Crippen molar-refractivity contribution in [1.29, 1.82) is 5.26 Å². The van der Waals surface area contributed by atoms with Crippen LogP contribution in [0.2, 0.25) is 0 Å². The molecule has 0 aliphatic heterocycles. The van der Waals surface area contributed by atoms with Crippen LogP contribution in [0, 0.1) is 11.3 Å². The van der Waals surface area contributed by atoms with Gasteiger partial charge < -0.3 is 14.8 Å². The minimum absolute atomic E-state index is 0.179. The molecule has 0 heterocycles. The number of carbonyl (C=O) groups excluding carboxylic acids is 2. The Balaban J connectivity index is 2.18. The fourth-order valence-electron chi connectivity index (χ4n) is 2.84. The number of hydrogen-bond acceptors (Lipinski definition) is 5. The quantitative estimate of drug-likeness (QED) is 0.666. The number of nitrogens with one attached hydrogen (secondary N) is 1. The van der Waals surface area contributed by atoms with Crippen molar-refractivity contribution in [2.45, 2.75) is 45.1 Å². The molecule has 1 aromatic carbocycles. The lowest BCUT2D eigenvalue weighted by Gasteiger charge is -2.27. The first kappa shape index (κ1) is 17.0. The molecule has 0 spiro atoms. The van der Waals surface area contributed by atoms with Crippen LogP contribution in [0.25, 0.3) is 0 Å². The van der Waals surface area contributed by atoms with Gasteiger partial charge in [-0.3, -0.25) is 9.59 Å². The molecule has 0 bridgehead atoms. The van der Waals surface area contributed by atoms with E-state index in [2.05, 4.69) is 5.32 Å². The second kappa shape index (κ2) is 7.25. The van der Waals surface area contributed by atoms with E-state index in [1.165, 1.54) is 19.1 Å². The molecule has 6 nitrogen and oxygen atoms in total. The first-order valence-corrected chi connectivity index (χ1v) is 7.69. The number of amides is 1. The lowest BCUT2D eigenvalue weighted by atomic mass is 10.0. The number of rotatable bonds is 5. The van der Waals surface area contributed by atoms with Gasteiger partial charge in [0.2, 0.25) is 0 Å². The number of esters is 1. The van der Waals surface area contributed by atoms with Gasteiger partial charge in [-0.25, -0.2) is 0 Å². The zero-order valence-electron chi connectivity index (χ0n) is 13.3. The highest BCUT2D eigenvalue weighted by molar-refractivity contribution is 5.97. The first-order valence-electron chi connectivity index (χ1n) is 7.69. The number of nitrogens with zero attached hydrogens (tertiary/aromatic N) is 1. The molecule has 6 heteroatoms. The number of nitriles is 1. The van der Waals surface area contributed by atoms with Crippen molar-refractivity contribution >= 4 is 17.6 Å². The standard InChI is InChI=1S/C17H20N2O4/c1-3-22-17(8-4-5-9-17)16(21)19-14-6-7-15(23-12(2)20)13(10-14)11-18/h6-7,10H,3-5,8-9H2,1-2H3,(H,19,21). The monoisotopic (exact) mass is 316 g/mol. The minimum atomic E-state index is -0.782. The Hall–Kier alpha value is -2.39. The van der Waals surface area contributed by atoms with Crippen molar-refractivity contribution in [1.82, 2.24) is 0 Å². The van der Waals surface area contributed by atoms with E-state index < -0.39 is 11.6 Å². The van der Waals surface area contributed by atoms with Crippen LogP contribution in [0.4, 0.5) is 5.69 Å². The third kappa shape index (κ3) is 3.88. The van der Waals surface area contributed by atoms with Gasteiger partial charge in [-0.2, -0.15) is 5.26 Å². The molecule has 0 atom stereocenters. The van der Waals surface area contributed by atoms with Crippen LogP contribution in [-0.4, -0.2) is 24.1 Å². The van der Waals surface area contributed by atoms with Crippen molar-refractivity contribution < 1.29 is 19.1 Å². The van der Waals surface area contributed by atoms with Gasteiger partial charge in [-0.1, -0.05) is 0 Å². The summed E-state index contributed by atoms with van der Waals surface area (Å²) in [6.45, 7) is 3.61. The summed E-state index contributed by atoms with van der Waals surface area (Å²) in [6.07, 6.45) is 3.32. The Morgan fingerprint density at radius 2 is 2.04 bits per heavy atom. The van der Waals surface area contributed by atoms with Gasteiger partial charge in [-0.05, 0) is 50.8 Å². The third-order valence-electron chi connectivity index (χ3n) is 3.86. The van der Waals surface area contributed by atoms with Crippen LogP contribution in [0.5, 0.6) is 5.75 Å². The molecule has 1 aromatic rings. The molecular formula is C17H20N2O4. The molecule has 1 aliphatic rings. The molecule has 1 amide bonds. The largest absolute Gasteiger partial charge is 0.425 e. The average molecular weight is 316 g/mol. The summed E-state index contributed by atoms with van der Waals surface area (Å²) in [6, 6.07) is 6.55. The van der Waals surface area contributed by atoms with Crippen LogP contribution in [0.1, 0.15) is 45.1 Å². The van der Waals surface area contributed by atoms with Crippen LogP contribution in [0.3, 0.4) is 0 Å². The van der Waals surface area contributed by atoms with E-state index in [0.29, 0.717) is 25.1 Å². The van der Waals surface area contributed by atoms with Crippen LogP contribution >= 0.6 is 0 Å².